The minimum absolute atomic E-state index is 0.162. The molecule has 3 nitrogen and oxygen atoms in total. The van der Waals surface area contributed by atoms with Crippen LogP contribution in [0.4, 0.5) is 0 Å². The second kappa shape index (κ2) is 5.95. The Kier molecular flexibility index (Phi) is 4.81. The SMILES string of the molecule is N#CC[C@H]1CC[C@H](CCCO)CO1. The Hall–Kier alpha value is -0.590. The Morgan fingerprint density at radius 2 is 2.31 bits per heavy atom. The van der Waals surface area contributed by atoms with Crippen LogP contribution in [0.3, 0.4) is 0 Å². The summed E-state index contributed by atoms with van der Waals surface area (Å²) in [6.45, 7) is 1.05. The van der Waals surface area contributed by atoms with Crippen LogP contribution in [0.2, 0.25) is 0 Å². The molecule has 74 valence electrons. The zero-order valence-corrected chi connectivity index (χ0v) is 7.91. The molecule has 0 aromatic carbocycles. The van der Waals surface area contributed by atoms with Gasteiger partial charge in [0.15, 0.2) is 0 Å². The maximum absolute atomic E-state index is 8.65. The first kappa shape index (κ1) is 10.5. The summed E-state index contributed by atoms with van der Waals surface area (Å²) in [7, 11) is 0. The van der Waals surface area contributed by atoms with E-state index in [1.54, 1.807) is 0 Å². The van der Waals surface area contributed by atoms with Crippen molar-refractivity contribution in [3.8, 4) is 6.07 Å². The van der Waals surface area contributed by atoms with Crippen LogP contribution in [0.5, 0.6) is 0 Å². The first-order valence-electron chi connectivity index (χ1n) is 4.96. The van der Waals surface area contributed by atoms with Crippen LogP contribution in [0.25, 0.3) is 0 Å². The van der Waals surface area contributed by atoms with E-state index in [1.165, 1.54) is 0 Å². The van der Waals surface area contributed by atoms with Crippen LogP contribution >= 0.6 is 0 Å². The quantitative estimate of drug-likeness (QED) is 0.718. The van der Waals surface area contributed by atoms with E-state index in [4.69, 9.17) is 15.1 Å². The first-order chi connectivity index (χ1) is 6.36. The third kappa shape index (κ3) is 3.75. The highest BCUT2D eigenvalue weighted by molar-refractivity contribution is 4.80. The van der Waals surface area contributed by atoms with Crippen molar-refractivity contribution in [2.45, 2.75) is 38.2 Å². The molecule has 1 heterocycles. The molecule has 1 rings (SSSR count). The molecule has 0 unspecified atom stereocenters. The third-order valence-corrected chi connectivity index (χ3v) is 2.55. The predicted molar refractivity (Wildman–Crippen MR) is 49.0 cm³/mol. The van der Waals surface area contributed by atoms with Crippen LogP contribution in [-0.2, 0) is 4.74 Å². The molecule has 0 aromatic heterocycles. The average Bonchev–Trinajstić information content (AvgIpc) is 2.17. The molecule has 0 saturated carbocycles. The van der Waals surface area contributed by atoms with Crippen molar-refractivity contribution in [3.05, 3.63) is 0 Å². The second-order valence-corrected chi connectivity index (χ2v) is 3.63. The number of hydrogen-bond acceptors (Lipinski definition) is 3. The molecule has 0 aliphatic carbocycles. The lowest BCUT2D eigenvalue weighted by Gasteiger charge is -2.27. The fourth-order valence-electron chi connectivity index (χ4n) is 1.73. The van der Waals surface area contributed by atoms with Gasteiger partial charge in [-0.3, -0.25) is 0 Å². The van der Waals surface area contributed by atoms with Gasteiger partial charge in [-0.25, -0.2) is 0 Å². The van der Waals surface area contributed by atoms with Crippen molar-refractivity contribution >= 4 is 0 Å². The van der Waals surface area contributed by atoms with Gasteiger partial charge in [0.2, 0.25) is 0 Å². The van der Waals surface area contributed by atoms with Gasteiger partial charge in [-0.2, -0.15) is 5.26 Å². The first-order valence-corrected chi connectivity index (χ1v) is 4.96. The Bertz CT molecular complexity index is 168. The lowest BCUT2D eigenvalue weighted by molar-refractivity contribution is -0.0160. The van der Waals surface area contributed by atoms with E-state index in [-0.39, 0.29) is 12.7 Å². The Balaban J connectivity index is 2.12. The smallest absolute Gasteiger partial charge is 0.0705 e. The summed E-state index contributed by atoms with van der Waals surface area (Å²) >= 11 is 0. The van der Waals surface area contributed by atoms with Gasteiger partial charge >= 0.3 is 0 Å². The van der Waals surface area contributed by atoms with Gasteiger partial charge in [0.1, 0.15) is 0 Å². The summed E-state index contributed by atoms with van der Waals surface area (Å²) in [6.07, 6.45) is 4.76. The lowest BCUT2D eigenvalue weighted by atomic mass is 9.93. The van der Waals surface area contributed by atoms with Crippen LogP contribution in [0, 0.1) is 17.2 Å². The molecule has 0 amide bonds. The number of nitriles is 1. The van der Waals surface area contributed by atoms with E-state index in [9.17, 15) is 0 Å². The van der Waals surface area contributed by atoms with Crippen molar-refractivity contribution in [1.82, 2.24) is 0 Å². The molecule has 0 radical (unpaired) electrons. The number of hydrogen-bond donors (Lipinski definition) is 1. The van der Waals surface area contributed by atoms with Crippen LogP contribution in [-0.4, -0.2) is 24.4 Å². The Morgan fingerprint density at radius 3 is 2.85 bits per heavy atom. The zero-order valence-electron chi connectivity index (χ0n) is 7.91. The molecule has 1 aliphatic heterocycles. The summed E-state index contributed by atoms with van der Waals surface area (Å²) in [4.78, 5) is 0. The maximum atomic E-state index is 8.65. The van der Waals surface area contributed by atoms with Crippen LogP contribution in [0.1, 0.15) is 32.1 Å². The van der Waals surface area contributed by atoms with E-state index >= 15 is 0 Å². The predicted octanol–water partition coefficient (Wildman–Crippen LogP) is 1.47. The van der Waals surface area contributed by atoms with Gasteiger partial charge in [-0.05, 0) is 31.6 Å². The van der Waals surface area contributed by atoms with E-state index in [2.05, 4.69) is 6.07 Å². The highest BCUT2D eigenvalue weighted by Gasteiger charge is 2.20. The molecule has 1 saturated heterocycles. The average molecular weight is 183 g/mol. The minimum atomic E-state index is 0.162. The minimum Gasteiger partial charge on any atom is -0.396 e. The molecule has 1 aliphatic rings. The topological polar surface area (TPSA) is 53.2 Å². The normalized spacial score (nSPS) is 28.3. The summed E-state index contributed by atoms with van der Waals surface area (Å²) in [6, 6.07) is 2.13. The van der Waals surface area contributed by atoms with Crippen LogP contribution < -0.4 is 0 Å². The monoisotopic (exact) mass is 183 g/mol. The molecule has 1 N–H and O–H groups in total. The summed E-state index contributed by atoms with van der Waals surface area (Å²) in [5, 5.41) is 17.1. The van der Waals surface area contributed by atoms with E-state index in [0.29, 0.717) is 12.3 Å². The van der Waals surface area contributed by atoms with Gasteiger partial charge < -0.3 is 9.84 Å². The standard InChI is InChI=1S/C10H17NO2/c11-6-5-10-4-3-9(8-13-10)2-1-7-12/h9-10,12H,1-5,7-8H2/t9-,10+/m0/s1. The molecule has 0 spiro atoms. The molecular weight excluding hydrogens is 166 g/mol. The molecule has 0 bridgehead atoms. The van der Waals surface area contributed by atoms with Gasteiger partial charge in [-0.15, -0.1) is 0 Å². The Labute approximate surface area is 79.3 Å². The summed E-state index contributed by atoms with van der Waals surface area (Å²) in [5.41, 5.74) is 0. The van der Waals surface area contributed by atoms with Crippen molar-refractivity contribution in [2.24, 2.45) is 5.92 Å². The van der Waals surface area contributed by atoms with Crippen LogP contribution in [0.15, 0.2) is 0 Å². The fraction of sp³-hybridized carbons (Fsp3) is 0.900. The van der Waals surface area contributed by atoms with Gasteiger partial charge in [0.25, 0.3) is 0 Å². The maximum Gasteiger partial charge on any atom is 0.0705 e. The zero-order chi connectivity index (χ0) is 9.52. The van der Waals surface area contributed by atoms with Crippen molar-refractivity contribution in [3.63, 3.8) is 0 Å². The highest BCUT2D eigenvalue weighted by atomic mass is 16.5. The lowest BCUT2D eigenvalue weighted by Crippen LogP contribution is -2.25. The van der Waals surface area contributed by atoms with Gasteiger partial charge in [0.05, 0.1) is 18.6 Å². The van der Waals surface area contributed by atoms with Gasteiger partial charge in [-0.1, -0.05) is 0 Å². The third-order valence-electron chi connectivity index (χ3n) is 2.55. The number of aliphatic hydroxyl groups excluding tert-OH is 1. The van der Waals surface area contributed by atoms with Crippen molar-refractivity contribution in [1.29, 1.82) is 5.26 Å². The van der Waals surface area contributed by atoms with E-state index in [1.807, 2.05) is 0 Å². The van der Waals surface area contributed by atoms with Crippen molar-refractivity contribution < 1.29 is 9.84 Å². The largest absolute Gasteiger partial charge is 0.396 e. The second-order valence-electron chi connectivity index (χ2n) is 3.63. The number of rotatable bonds is 4. The molecule has 3 heteroatoms. The molecule has 1 fully saturated rings. The summed E-state index contributed by atoms with van der Waals surface area (Å²) in [5.74, 6) is 0.599. The number of aliphatic hydroxyl groups is 1. The molecular formula is C10H17NO2. The van der Waals surface area contributed by atoms with Crippen molar-refractivity contribution in [2.75, 3.05) is 13.2 Å². The highest BCUT2D eigenvalue weighted by Crippen LogP contribution is 2.23. The summed E-state index contributed by atoms with van der Waals surface area (Å²) < 4.78 is 5.52. The number of ether oxygens (including phenoxy) is 1. The Morgan fingerprint density at radius 1 is 1.46 bits per heavy atom. The molecule has 0 aromatic rings. The van der Waals surface area contributed by atoms with E-state index in [0.717, 1.165) is 32.3 Å². The molecule has 13 heavy (non-hydrogen) atoms. The molecule has 2 atom stereocenters. The van der Waals surface area contributed by atoms with E-state index < -0.39 is 0 Å². The number of nitrogens with zero attached hydrogens (tertiary/aromatic N) is 1. The fourth-order valence-corrected chi connectivity index (χ4v) is 1.73. The van der Waals surface area contributed by atoms with Gasteiger partial charge in [0, 0.05) is 13.2 Å².